The van der Waals surface area contributed by atoms with Crippen LogP contribution in [0.4, 0.5) is 5.69 Å². The van der Waals surface area contributed by atoms with Gasteiger partial charge in [0.15, 0.2) is 10.7 Å². The van der Waals surface area contributed by atoms with Gasteiger partial charge in [-0.3, -0.25) is 9.36 Å². The minimum Gasteiger partial charge on any atom is -0.271 e. The zero-order valence-electron chi connectivity index (χ0n) is 15.0. The highest BCUT2D eigenvalue weighted by atomic mass is 32.2. The highest BCUT2D eigenvalue weighted by Gasteiger charge is 2.41. The maximum atomic E-state index is 13.1. The van der Waals surface area contributed by atoms with E-state index in [4.69, 9.17) is 0 Å². The van der Waals surface area contributed by atoms with Gasteiger partial charge in [-0.2, -0.15) is 10.2 Å². The van der Waals surface area contributed by atoms with Crippen LogP contribution in [-0.2, 0) is 0 Å². The molecule has 0 saturated heterocycles. The lowest BCUT2D eigenvalue weighted by molar-refractivity contribution is 0.0816. The van der Waals surface area contributed by atoms with Crippen LogP contribution in [0.5, 0.6) is 0 Å². The van der Waals surface area contributed by atoms with E-state index in [1.807, 2.05) is 43.3 Å². The Hall–Kier alpha value is -2.47. The van der Waals surface area contributed by atoms with Crippen molar-refractivity contribution in [1.82, 2.24) is 9.55 Å². The second-order valence-electron chi connectivity index (χ2n) is 7.03. The molecule has 0 fully saturated rings. The number of thioether (sulfide) groups is 1. The van der Waals surface area contributed by atoms with E-state index in [0.29, 0.717) is 11.7 Å². The summed E-state index contributed by atoms with van der Waals surface area (Å²) in [7, 11) is 0. The lowest BCUT2D eigenvalue weighted by atomic mass is 10.0. The molecule has 5 nitrogen and oxygen atoms in total. The molecule has 0 radical (unpaired) electrons. The molecule has 0 spiro atoms. The number of carbonyl (C=O) groups is 1. The maximum absolute atomic E-state index is 13.1. The molecule has 1 aromatic heterocycles. The largest absolute Gasteiger partial charge is 0.271 e. The van der Waals surface area contributed by atoms with Gasteiger partial charge in [-0.1, -0.05) is 49.9 Å². The van der Waals surface area contributed by atoms with Gasteiger partial charge in [-0.15, -0.1) is 0 Å². The number of nitrogens with zero attached hydrogens (tertiary/aromatic N) is 4. The van der Waals surface area contributed by atoms with Crippen LogP contribution in [0.1, 0.15) is 37.0 Å². The Morgan fingerprint density at radius 1 is 1.15 bits per heavy atom. The van der Waals surface area contributed by atoms with Crippen LogP contribution in [-0.4, -0.2) is 26.8 Å². The fraction of sp³-hybridized carbons (Fsp3) is 0.300. The van der Waals surface area contributed by atoms with Crippen LogP contribution in [0.15, 0.2) is 63.9 Å². The molecule has 0 saturated carbocycles. The normalized spacial score (nSPS) is 20.2. The first-order valence-corrected chi connectivity index (χ1v) is 9.64. The molecule has 1 unspecified atom stereocenters. The number of para-hydroxylation sites is 2. The molecule has 1 aliphatic heterocycles. The van der Waals surface area contributed by atoms with Gasteiger partial charge in [-0.25, -0.2) is 4.98 Å². The molecule has 2 aromatic carbocycles. The van der Waals surface area contributed by atoms with Crippen LogP contribution in [0.3, 0.4) is 0 Å². The molecule has 3 aromatic rings. The van der Waals surface area contributed by atoms with E-state index >= 15 is 0 Å². The minimum absolute atomic E-state index is 0.0810. The zero-order chi connectivity index (χ0) is 18.3. The SMILES string of the molecule is CC(C)c1ccc(N=NC2(C)CSc3nc4ccccc4n3C2=O)cc1. The van der Waals surface area contributed by atoms with Crippen molar-refractivity contribution >= 4 is 34.4 Å². The third kappa shape index (κ3) is 2.84. The molecule has 0 amide bonds. The Bertz CT molecular complexity index is 1010. The molecule has 4 rings (SSSR count). The van der Waals surface area contributed by atoms with E-state index < -0.39 is 5.54 Å². The van der Waals surface area contributed by atoms with Gasteiger partial charge in [0.05, 0.1) is 16.7 Å². The van der Waals surface area contributed by atoms with Crippen molar-refractivity contribution in [2.75, 3.05) is 5.75 Å². The van der Waals surface area contributed by atoms with Crippen molar-refractivity contribution in [3.63, 3.8) is 0 Å². The number of fused-ring (bicyclic) bond motifs is 3. The number of rotatable bonds is 3. The van der Waals surface area contributed by atoms with E-state index in [1.165, 1.54) is 5.56 Å². The van der Waals surface area contributed by atoms with Crippen molar-refractivity contribution in [1.29, 1.82) is 0 Å². The summed E-state index contributed by atoms with van der Waals surface area (Å²) in [6, 6.07) is 15.7. The number of hydrogen-bond acceptors (Lipinski definition) is 5. The summed E-state index contributed by atoms with van der Waals surface area (Å²) in [6.45, 7) is 6.15. The monoisotopic (exact) mass is 364 g/mol. The van der Waals surface area contributed by atoms with Crippen LogP contribution < -0.4 is 0 Å². The molecular formula is C20H20N4OS. The van der Waals surface area contributed by atoms with E-state index in [9.17, 15) is 4.79 Å². The highest BCUT2D eigenvalue weighted by molar-refractivity contribution is 7.99. The Morgan fingerprint density at radius 2 is 1.88 bits per heavy atom. The zero-order valence-corrected chi connectivity index (χ0v) is 15.8. The molecule has 1 aliphatic rings. The van der Waals surface area contributed by atoms with Crippen molar-refractivity contribution in [3.8, 4) is 0 Å². The van der Waals surface area contributed by atoms with E-state index in [0.717, 1.165) is 21.9 Å². The lowest BCUT2D eigenvalue weighted by Gasteiger charge is -2.27. The fourth-order valence-electron chi connectivity index (χ4n) is 2.97. The van der Waals surface area contributed by atoms with Gasteiger partial charge in [0.25, 0.3) is 5.91 Å². The smallest absolute Gasteiger partial charge is 0.263 e. The van der Waals surface area contributed by atoms with Crippen LogP contribution in [0.2, 0.25) is 0 Å². The topological polar surface area (TPSA) is 59.6 Å². The molecule has 132 valence electrons. The maximum Gasteiger partial charge on any atom is 0.263 e. The molecular weight excluding hydrogens is 344 g/mol. The van der Waals surface area contributed by atoms with Gasteiger partial charge >= 0.3 is 0 Å². The average molecular weight is 364 g/mol. The fourth-order valence-corrected chi connectivity index (χ4v) is 4.03. The second-order valence-corrected chi connectivity index (χ2v) is 7.97. The summed E-state index contributed by atoms with van der Waals surface area (Å²) in [4.78, 5) is 17.7. The van der Waals surface area contributed by atoms with Gasteiger partial charge in [0.2, 0.25) is 0 Å². The van der Waals surface area contributed by atoms with Crippen molar-refractivity contribution < 1.29 is 4.79 Å². The van der Waals surface area contributed by atoms with Crippen LogP contribution in [0, 0.1) is 0 Å². The third-order valence-corrected chi connectivity index (χ3v) is 5.86. The molecule has 2 heterocycles. The minimum atomic E-state index is -0.905. The van der Waals surface area contributed by atoms with Crippen LogP contribution >= 0.6 is 11.8 Å². The highest BCUT2D eigenvalue weighted by Crippen LogP contribution is 2.36. The van der Waals surface area contributed by atoms with Gasteiger partial charge in [-0.05, 0) is 42.7 Å². The molecule has 0 N–H and O–H groups in total. The molecule has 26 heavy (non-hydrogen) atoms. The van der Waals surface area contributed by atoms with Crippen LogP contribution in [0.25, 0.3) is 11.0 Å². The van der Waals surface area contributed by atoms with Gasteiger partial charge < -0.3 is 0 Å². The van der Waals surface area contributed by atoms with E-state index in [2.05, 4.69) is 41.2 Å². The van der Waals surface area contributed by atoms with Crippen molar-refractivity contribution in [3.05, 3.63) is 54.1 Å². The number of carbonyl (C=O) groups excluding carboxylic acids is 1. The Labute approximate surface area is 156 Å². The molecule has 0 aliphatic carbocycles. The van der Waals surface area contributed by atoms with Gasteiger partial charge in [0.1, 0.15) is 0 Å². The standard InChI is InChI=1S/C20H20N4OS/c1-13(2)14-8-10-15(11-9-14)22-23-20(3)12-26-19-21-16-6-4-5-7-17(16)24(19)18(20)25/h4-11,13H,12H2,1-3H3. The quantitative estimate of drug-likeness (QED) is 0.581. The number of benzene rings is 2. The Balaban J connectivity index is 1.65. The third-order valence-electron chi connectivity index (χ3n) is 4.62. The summed E-state index contributed by atoms with van der Waals surface area (Å²) in [5, 5.41) is 9.51. The summed E-state index contributed by atoms with van der Waals surface area (Å²) in [5.74, 6) is 0.924. The average Bonchev–Trinajstić information content (AvgIpc) is 3.03. The van der Waals surface area contributed by atoms with Crippen molar-refractivity contribution in [2.24, 2.45) is 10.2 Å². The number of azo groups is 1. The molecule has 6 heteroatoms. The predicted molar refractivity (Wildman–Crippen MR) is 105 cm³/mol. The van der Waals surface area contributed by atoms with E-state index in [-0.39, 0.29) is 5.91 Å². The molecule has 0 bridgehead atoms. The summed E-state index contributed by atoms with van der Waals surface area (Å²) in [6.07, 6.45) is 0. The summed E-state index contributed by atoms with van der Waals surface area (Å²) < 4.78 is 1.67. The van der Waals surface area contributed by atoms with Crippen molar-refractivity contribution in [2.45, 2.75) is 37.4 Å². The number of aromatic nitrogens is 2. The first-order valence-electron chi connectivity index (χ1n) is 8.66. The summed E-state index contributed by atoms with van der Waals surface area (Å²) >= 11 is 1.54. The first-order chi connectivity index (χ1) is 12.5. The Morgan fingerprint density at radius 3 is 2.62 bits per heavy atom. The second kappa shape index (κ2) is 6.36. The summed E-state index contributed by atoms with van der Waals surface area (Å²) in [5.41, 5.74) is 2.76. The molecule has 1 atom stereocenters. The van der Waals surface area contributed by atoms with Gasteiger partial charge in [0, 0.05) is 5.75 Å². The predicted octanol–water partition coefficient (Wildman–Crippen LogP) is 5.45. The number of imidazole rings is 1. The number of hydrogen-bond donors (Lipinski definition) is 0. The Kier molecular flexibility index (Phi) is 4.15. The first kappa shape index (κ1) is 17.0. The lowest BCUT2D eigenvalue weighted by Crippen LogP contribution is -2.42. The van der Waals surface area contributed by atoms with E-state index in [1.54, 1.807) is 16.3 Å².